The number of nitrogens with zero attached hydrogens (tertiary/aromatic N) is 3. The largest absolute Gasteiger partial charge is 0.346 e. The fraction of sp³-hybridized carbons (Fsp3) is 0.421. The van der Waals surface area contributed by atoms with Crippen molar-refractivity contribution < 1.29 is 14.0 Å². The molecule has 0 radical (unpaired) electrons. The summed E-state index contributed by atoms with van der Waals surface area (Å²) in [5.74, 6) is -0.507. The standard InChI is InChI=1S/C19H23FN4O2/c1-12(2)19(26)23-6-7-24-16(11-23)9-15(22-24)10-21-18(25)17-5-4-14(20)8-13(17)3/h4-5,8-9,12H,6-7,10-11H2,1-3H3,(H,21,25). The van der Waals surface area contributed by atoms with Gasteiger partial charge in [0.25, 0.3) is 5.91 Å². The minimum atomic E-state index is -0.360. The summed E-state index contributed by atoms with van der Waals surface area (Å²) in [7, 11) is 0. The quantitative estimate of drug-likeness (QED) is 0.912. The van der Waals surface area contributed by atoms with Crippen LogP contribution in [-0.2, 0) is 24.4 Å². The molecule has 0 atom stereocenters. The van der Waals surface area contributed by atoms with Gasteiger partial charge in [0.2, 0.25) is 5.91 Å². The number of nitrogens with one attached hydrogen (secondary N) is 1. The third kappa shape index (κ3) is 3.76. The van der Waals surface area contributed by atoms with Crippen LogP contribution in [0.15, 0.2) is 24.3 Å². The van der Waals surface area contributed by atoms with E-state index in [2.05, 4.69) is 10.4 Å². The maximum atomic E-state index is 13.2. The van der Waals surface area contributed by atoms with Crippen molar-refractivity contribution in [3.8, 4) is 0 Å². The smallest absolute Gasteiger partial charge is 0.251 e. The molecule has 138 valence electrons. The highest BCUT2D eigenvalue weighted by Gasteiger charge is 2.24. The number of benzene rings is 1. The second kappa shape index (κ2) is 7.27. The normalized spacial score (nSPS) is 13.7. The Bertz CT molecular complexity index is 844. The first kappa shape index (κ1) is 18.1. The van der Waals surface area contributed by atoms with E-state index in [-0.39, 0.29) is 30.1 Å². The van der Waals surface area contributed by atoms with Crippen LogP contribution in [0.25, 0.3) is 0 Å². The first-order chi connectivity index (χ1) is 12.3. The molecule has 1 N–H and O–H groups in total. The fourth-order valence-corrected chi connectivity index (χ4v) is 3.11. The Morgan fingerprint density at radius 2 is 2.04 bits per heavy atom. The molecular formula is C19H23FN4O2. The van der Waals surface area contributed by atoms with E-state index in [0.717, 1.165) is 11.4 Å². The van der Waals surface area contributed by atoms with Crippen molar-refractivity contribution in [3.63, 3.8) is 0 Å². The van der Waals surface area contributed by atoms with Crippen LogP contribution in [0.3, 0.4) is 0 Å². The van der Waals surface area contributed by atoms with E-state index >= 15 is 0 Å². The van der Waals surface area contributed by atoms with Crippen molar-refractivity contribution >= 4 is 11.8 Å². The van der Waals surface area contributed by atoms with E-state index in [1.165, 1.54) is 18.2 Å². The molecule has 1 aliphatic heterocycles. The Hall–Kier alpha value is -2.70. The van der Waals surface area contributed by atoms with Gasteiger partial charge in [0.1, 0.15) is 5.82 Å². The molecule has 0 spiro atoms. The molecule has 0 saturated carbocycles. The van der Waals surface area contributed by atoms with E-state index in [0.29, 0.717) is 30.8 Å². The Balaban J connectivity index is 1.64. The molecule has 0 unspecified atom stereocenters. The predicted octanol–water partition coefficient (Wildman–Crippen LogP) is 2.26. The Kier molecular flexibility index (Phi) is 5.06. The molecular weight excluding hydrogens is 335 g/mol. The predicted molar refractivity (Wildman–Crippen MR) is 94.8 cm³/mol. The van der Waals surface area contributed by atoms with Gasteiger partial charge in [-0.25, -0.2) is 4.39 Å². The van der Waals surface area contributed by atoms with Crippen molar-refractivity contribution in [2.45, 2.75) is 40.4 Å². The van der Waals surface area contributed by atoms with Gasteiger partial charge in [0, 0.05) is 18.0 Å². The maximum Gasteiger partial charge on any atom is 0.251 e. The first-order valence-electron chi connectivity index (χ1n) is 8.74. The zero-order chi connectivity index (χ0) is 18.8. The van der Waals surface area contributed by atoms with Crippen LogP contribution in [-0.4, -0.2) is 33.0 Å². The molecule has 0 saturated heterocycles. The van der Waals surface area contributed by atoms with Crippen molar-refractivity contribution in [3.05, 3.63) is 52.6 Å². The molecule has 7 heteroatoms. The van der Waals surface area contributed by atoms with Gasteiger partial charge in [-0.1, -0.05) is 13.8 Å². The van der Waals surface area contributed by atoms with Gasteiger partial charge in [-0.05, 0) is 36.8 Å². The van der Waals surface area contributed by atoms with Crippen LogP contribution in [0.1, 0.15) is 41.2 Å². The molecule has 0 fully saturated rings. The van der Waals surface area contributed by atoms with E-state index < -0.39 is 0 Å². The van der Waals surface area contributed by atoms with E-state index in [4.69, 9.17) is 0 Å². The second-order valence-corrected chi connectivity index (χ2v) is 6.91. The molecule has 1 aliphatic rings. The van der Waals surface area contributed by atoms with Crippen LogP contribution in [0.4, 0.5) is 4.39 Å². The number of carbonyl (C=O) groups excluding carboxylic acids is 2. The Labute approximate surface area is 152 Å². The van der Waals surface area contributed by atoms with Crippen LogP contribution in [0.5, 0.6) is 0 Å². The number of halogens is 1. The molecule has 1 aromatic heterocycles. The zero-order valence-electron chi connectivity index (χ0n) is 15.3. The number of amides is 2. The van der Waals surface area contributed by atoms with Crippen molar-refractivity contribution in [2.75, 3.05) is 6.54 Å². The summed E-state index contributed by atoms with van der Waals surface area (Å²) in [6.07, 6.45) is 0. The molecule has 3 rings (SSSR count). The van der Waals surface area contributed by atoms with E-state index in [1.807, 2.05) is 29.5 Å². The van der Waals surface area contributed by atoms with Crippen LogP contribution >= 0.6 is 0 Å². The minimum Gasteiger partial charge on any atom is -0.346 e. The van der Waals surface area contributed by atoms with Crippen molar-refractivity contribution in [1.29, 1.82) is 0 Å². The van der Waals surface area contributed by atoms with Gasteiger partial charge in [0.15, 0.2) is 0 Å². The lowest BCUT2D eigenvalue weighted by atomic mass is 10.1. The summed E-state index contributed by atoms with van der Waals surface area (Å²) in [4.78, 5) is 26.3. The molecule has 0 aliphatic carbocycles. The van der Waals surface area contributed by atoms with E-state index in [9.17, 15) is 14.0 Å². The number of fused-ring (bicyclic) bond motifs is 1. The van der Waals surface area contributed by atoms with Crippen LogP contribution in [0, 0.1) is 18.7 Å². The number of hydrogen-bond acceptors (Lipinski definition) is 3. The van der Waals surface area contributed by atoms with Gasteiger partial charge in [0.05, 0.1) is 31.0 Å². The molecule has 1 aromatic carbocycles. The van der Waals surface area contributed by atoms with Crippen molar-refractivity contribution in [2.24, 2.45) is 5.92 Å². The third-order valence-electron chi connectivity index (χ3n) is 4.52. The SMILES string of the molecule is Cc1cc(F)ccc1C(=O)NCc1cc2n(n1)CCN(C(=O)C(C)C)C2. The third-order valence-corrected chi connectivity index (χ3v) is 4.52. The van der Waals surface area contributed by atoms with Crippen molar-refractivity contribution in [1.82, 2.24) is 20.0 Å². The molecule has 2 heterocycles. The highest BCUT2D eigenvalue weighted by molar-refractivity contribution is 5.95. The molecule has 0 bridgehead atoms. The molecule has 2 aromatic rings. The number of rotatable bonds is 4. The number of carbonyl (C=O) groups is 2. The minimum absolute atomic E-state index is 0.0258. The average Bonchev–Trinajstić information content (AvgIpc) is 3.00. The summed E-state index contributed by atoms with van der Waals surface area (Å²) in [6, 6.07) is 6.01. The van der Waals surface area contributed by atoms with Crippen LogP contribution < -0.4 is 5.32 Å². The van der Waals surface area contributed by atoms with Gasteiger partial charge in [-0.15, -0.1) is 0 Å². The van der Waals surface area contributed by atoms with Gasteiger partial charge in [-0.3, -0.25) is 14.3 Å². The lowest BCUT2D eigenvalue weighted by Crippen LogP contribution is -2.40. The summed E-state index contributed by atoms with van der Waals surface area (Å²) in [5, 5.41) is 7.31. The lowest BCUT2D eigenvalue weighted by Gasteiger charge is -2.29. The van der Waals surface area contributed by atoms with Gasteiger partial charge in [-0.2, -0.15) is 5.10 Å². The highest BCUT2D eigenvalue weighted by Crippen LogP contribution is 2.16. The lowest BCUT2D eigenvalue weighted by molar-refractivity contribution is -0.136. The van der Waals surface area contributed by atoms with Gasteiger partial charge < -0.3 is 10.2 Å². The summed E-state index contributed by atoms with van der Waals surface area (Å²) >= 11 is 0. The zero-order valence-corrected chi connectivity index (χ0v) is 15.3. The second-order valence-electron chi connectivity index (χ2n) is 6.91. The first-order valence-corrected chi connectivity index (χ1v) is 8.74. The highest BCUT2D eigenvalue weighted by atomic mass is 19.1. The topological polar surface area (TPSA) is 67.2 Å². The summed E-state index contributed by atoms with van der Waals surface area (Å²) in [5.41, 5.74) is 2.75. The fourth-order valence-electron chi connectivity index (χ4n) is 3.11. The Morgan fingerprint density at radius 1 is 1.27 bits per heavy atom. The van der Waals surface area contributed by atoms with Gasteiger partial charge >= 0.3 is 0 Å². The van der Waals surface area contributed by atoms with Crippen LogP contribution in [0.2, 0.25) is 0 Å². The molecule has 26 heavy (non-hydrogen) atoms. The number of aromatic nitrogens is 2. The monoisotopic (exact) mass is 358 g/mol. The summed E-state index contributed by atoms with van der Waals surface area (Å²) < 4.78 is 15.0. The molecule has 6 nitrogen and oxygen atoms in total. The maximum absolute atomic E-state index is 13.2. The molecule has 2 amide bonds. The number of aryl methyl sites for hydroxylation is 1. The Morgan fingerprint density at radius 3 is 2.73 bits per heavy atom. The number of hydrogen-bond donors (Lipinski definition) is 1. The summed E-state index contributed by atoms with van der Waals surface area (Å²) in [6.45, 7) is 7.61. The average molecular weight is 358 g/mol. The van der Waals surface area contributed by atoms with E-state index in [1.54, 1.807) is 6.92 Å².